The molecular formula is C27H29ClFN5O3. The van der Waals surface area contributed by atoms with Crippen LogP contribution in [0.3, 0.4) is 0 Å². The average Bonchev–Trinajstić information content (AvgIpc) is 2.82. The molecule has 10 heteroatoms. The van der Waals surface area contributed by atoms with Crippen molar-refractivity contribution in [1.29, 1.82) is 0 Å². The minimum absolute atomic E-state index is 0.0428. The molecule has 1 aliphatic rings. The highest BCUT2D eigenvalue weighted by Gasteiger charge is 2.26. The number of hydrogen-bond donors (Lipinski definition) is 1. The van der Waals surface area contributed by atoms with Gasteiger partial charge in [-0.25, -0.2) is 14.4 Å². The summed E-state index contributed by atoms with van der Waals surface area (Å²) in [7, 11) is 0. The van der Waals surface area contributed by atoms with Gasteiger partial charge < -0.3 is 9.84 Å². The van der Waals surface area contributed by atoms with Crippen molar-refractivity contribution < 1.29 is 14.2 Å². The highest BCUT2D eigenvalue weighted by Crippen LogP contribution is 2.29. The fourth-order valence-electron chi connectivity index (χ4n) is 4.05. The molecule has 0 radical (unpaired) electrons. The van der Waals surface area contributed by atoms with Crippen molar-refractivity contribution in [3.05, 3.63) is 85.8 Å². The van der Waals surface area contributed by atoms with E-state index in [4.69, 9.17) is 16.3 Å². The van der Waals surface area contributed by atoms with Crippen molar-refractivity contribution in [2.24, 2.45) is 10.9 Å². The Hall–Kier alpha value is -3.43. The Morgan fingerprint density at radius 1 is 1.19 bits per heavy atom. The molecule has 4 heterocycles. The molecule has 1 aliphatic heterocycles. The molecule has 1 atom stereocenters. The van der Waals surface area contributed by atoms with Crippen LogP contribution in [0.4, 0.5) is 4.39 Å². The van der Waals surface area contributed by atoms with Crippen molar-refractivity contribution in [3.63, 3.8) is 0 Å². The van der Waals surface area contributed by atoms with E-state index in [1.54, 1.807) is 44.5 Å². The van der Waals surface area contributed by atoms with Gasteiger partial charge in [0.05, 0.1) is 23.3 Å². The van der Waals surface area contributed by atoms with Gasteiger partial charge in [0.15, 0.2) is 5.82 Å². The summed E-state index contributed by atoms with van der Waals surface area (Å²) in [6.45, 7) is 11.1. The first-order chi connectivity index (χ1) is 17.4. The molecule has 1 N–H and O–H groups in total. The molecule has 0 aromatic carbocycles. The molecule has 0 fully saturated rings. The summed E-state index contributed by atoms with van der Waals surface area (Å²) in [5.74, 6) is 0.0208. The average molecular weight is 526 g/mol. The van der Waals surface area contributed by atoms with E-state index in [9.17, 15) is 14.3 Å². The highest BCUT2D eigenvalue weighted by molar-refractivity contribution is 6.31. The zero-order valence-corrected chi connectivity index (χ0v) is 22.4. The minimum Gasteiger partial charge on any atom is -0.485 e. The maximum absolute atomic E-state index is 13.4. The van der Waals surface area contributed by atoms with Gasteiger partial charge in [0.2, 0.25) is 0 Å². The number of allylic oxidation sites excluding steroid dienone is 1. The largest absolute Gasteiger partial charge is 0.485 e. The lowest BCUT2D eigenvalue weighted by atomic mass is 9.99. The van der Waals surface area contributed by atoms with Crippen LogP contribution in [0, 0.1) is 32.5 Å². The second-order valence-corrected chi connectivity index (χ2v) is 10.2. The first-order valence-corrected chi connectivity index (χ1v) is 12.2. The van der Waals surface area contributed by atoms with Crippen LogP contribution in [0.2, 0.25) is 5.02 Å². The Kier molecular flexibility index (Phi) is 7.30. The fourth-order valence-corrected chi connectivity index (χ4v) is 4.25. The number of dihydropyridines is 1. The predicted octanol–water partition coefficient (Wildman–Crippen LogP) is 4.54. The molecule has 37 heavy (non-hydrogen) atoms. The van der Waals surface area contributed by atoms with E-state index in [-0.39, 0.29) is 29.1 Å². The first kappa shape index (κ1) is 26.6. The number of rotatable bonds is 6. The van der Waals surface area contributed by atoms with E-state index >= 15 is 0 Å². The summed E-state index contributed by atoms with van der Waals surface area (Å²) in [5.41, 5.74) is 2.90. The molecular weight excluding hydrogens is 497 g/mol. The molecule has 8 nitrogen and oxygen atoms in total. The van der Waals surface area contributed by atoms with Gasteiger partial charge in [0.25, 0.3) is 5.56 Å². The van der Waals surface area contributed by atoms with Crippen LogP contribution >= 0.6 is 11.6 Å². The highest BCUT2D eigenvalue weighted by atomic mass is 35.5. The third-order valence-electron chi connectivity index (χ3n) is 6.16. The van der Waals surface area contributed by atoms with Crippen LogP contribution in [0.1, 0.15) is 54.8 Å². The first-order valence-electron chi connectivity index (χ1n) is 11.9. The number of nitrogens with zero attached hydrogens (tertiary/aromatic N) is 5. The quantitative estimate of drug-likeness (QED) is 0.507. The van der Waals surface area contributed by atoms with Gasteiger partial charge in [-0.1, -0.05) is 18.5 Å². The van der Waals surface area contributed by atoms with Crippen LogP contribution in [0.15, 0.2) is 40.4 Å². The van der Waals surface area contributed by atoms with E-state index in [2.05, 4.69) is 19.9 Å². The Morgan fingerprint density at radius 3 is 2.59 bits per heavy atom. The third kappa shape index (κ3) is 5.47. The predicted molar refractivity (Wildman–Crippen MR) is 141 cm³/mol. The Balaban J connectivity index is 1.70. The maximum atomic E-state index is 13.4. The molecule has 0 amide bonds. The third-order valence-corrected chi connectivity index (χ3v) is 6.51. The zero-order valence-electron chi connectivity index (χ0n) is 21.6. The van der Waals surface area contributed by atoms with Crippen LogP contribution in [0.5, 0.6) is 5.75 Å². The number of aromatic nitrogens is 4. The number of aliphatic imine (C=N–C) groups is 1. The second kappa shape index (κ2) is 10.1. The van der Waals surface area contributed by atoms with Crippen molar-refractivity contribution in [2.75, 3.05) is 6.54 Å². The molecule has 0 saturated carbocycles. The molecule has 0 aliphatic carbocycles. The topological polar surface area (TPSA) is 102 Å². The number of pyridine rings is 2. The molecule has 4 rings (SSSR count). The fraction of sp³-hybridized carbons (Fsp3) is 0.370. The van der Waals surface area contributed by atoms with Crippen LogP contribution in [0.25, 0.3) is 5.70 Å². The van der Waals surface area contributed by atoms with Gasteiger partial charge in [0.1, 0.15) is 28.8 Å². The second-order valence-electron chi connectivity index (χ2n) is 9.79. The van der Waals surface area contributed by atoms with Gasteiger partial charge in [-0.3, -0.25) is 19.3 Å². The van der Waals surface area contributed by atoms with Crippen LogP contribution in [-0.2, 0) is 12.2 Å². The SMILES string of the molecule is Cc1cc(F)cnc1COc1cc(C)n(C2=CC(c3nc(C(C)(C)O)ncc3C)=NC[C@H]2C)c(=O)c1Cl. The van der Waals surface area contributed by atoms with E-state index in [1.165, 1.54) is 6.07 Å². The lowest BCUT2D eigenvalue weighted by Gasteiger charge is -2.25. The Morgan fingerprint density at radius 2 is 1.92 bits per heavy atom. The van der Waals surface area contributed by atoms with E-state index in [0.717, 1.165) is 17.5 Å². The van der Waals surface area contributed by atoms with Crippen LogP contribution in [-0.4, -0.2) is 36.9 Å². The summed E-state index contributed by atoms with van der Waals surface area (Å²) in [5, 5.41) is 10.3. The normalized spacial score (nSPS) is 15.9. The maximum Gasteiger partial charge on any atom is 0.277 e. The Bertz CT molecular complexity index is 1490. The van der Waals surface area contributed by atoms with E-state index < -0.39 is 17.0 Å². The molecule has 3 aromatic heterocycles. The molecule has 0 spiro atoms. The van der Waals surface area contributed by atoms with Crippen molar-refractivity contribution in [3.8, 4) is 5.75 Å². The van der Waals surface area contributed by atoms with Crippen molar-refractivity contribution in [2.45, 2.75) is 53.8 Å². The zero-order chi connectivity index (χ0) is 27.1. The summed E-state index contributed by atoms with van der Waals surface area (Å²) >= 11 is 6.47. The van der Waals surface area contributed by atoms with E-state index in [1.807, 2.05) is 19.9 Å². The number of hydrogen-bond acceptors (Lipinski definition) is 7. The minimum atomic E-state index is -1.21. The van der Waals surface area contributed by atoms with Gasteiger partial charge in [0, 0.05) is 36.1 Å². The standard InChI is InChI=1S/C27H29ClFN5O3/c1-14-7-18(29)12-31-20(14)13-37-22-8-17(4)34(25(35)23(22)28)21-9-19(30-10-15(21)2)24-16(3)11-32-26(33-24)27(5,6)36/h7-9,11-12,15,36H,10,13H2,1-6H3/t15-/m1/s1. The van der Waals surface area contributed by atoms with Gasteiger partial charge in [-0.15, -0.1) is 0 Å². The number of aliphatic hydroxyl groups is 1. The number of aryl methyl sites for hydroxylation is 3. The van der Waals surface area contributed by atoms with Crippen molar-refractivity contribution >= 4 is 23.0 Å². The summed E-state index contributed by atoms with van der Waals surface area (Å²) in [6, 6.07) is 3.07. The lowest BCUT2D eigenvalue weighted by molar-refractivity contribution is 0.0686. The van der Waals surface area contributed by atoms with Crippen molar-refractivity contribution in [1.82, 2.24) is 19.5 Å². The molecule has 3 aromatic rings. The monoisotopic (exact) mass is 525 g/mol. The van der Waals surface area contributed by atoms with Gasteiger partial charge >= 0.3 is 0 Å². The number of halogens is 2. The van der Waals surface area contributed by atoms with Gasteiger partial charge in [-0.2, -0.15) is 0 Å². The van der Waals surface area contributed by atoms with Gasteiger partial charge in [-0.05, 0) is 57.9 Å². The summed E-state index contributed by atoms with van der Waals surface area (Å²) in [4.78, 5) is 31.0. The summed E-state index contributed by atoms with van der Waals surface area (Å²) < 4.78 is 20.7. The van der Waals surface area contributed by atoms with E-state index in [0.29, 0.717) is 34.9 Å². The number of ether oxygens (including phenoxy) is 1. The Labute approximate surface area is 219 Å². The smallest absolute Gasteiger partial charge is 0.277 e. The molecule has 0 unspecified atom stereocenters. The molecule has 0 saturated heterocycles. The lowest BCUT2D eigenvalue weighted by Crippen LogP contribution is -2.29. The van der Waals surface area contributed by atoms with Crippen LogP contribution < -0.4 is 10.3 Å². The molecule has 194 valence electrons. The summed E-state index contributed by atoms with van der Waals surface area (Å²) in [6.07, 6.45) is 4.60. The molecule has 0 bridgehead atoms.